The van der Waals surface area contributed by atoms with Crippen LogP contribution in [-0.4, -0.2) is 28.9 Å². The highest BCUT2D eigenvalue weighted by Gasteiger charge is 2.28. The summed E-state index contributed by atoms with van der Waals surface area (Å²) in [5.41, 5.74) is 1.54. The second kappa shape index (κ2) is 9.21. The zero-order valence-corrected chi connectivity index (χ0v) is 16.7. The van der Waals surface area contributed by atoms with E-state index in [-0.39, 0.29) is 11.4 Å². The molecule has 2 heterocycles. The Labute approximate surface area is 171 Å². The molecule has 29 heavy (non-hydrogen) atoms. The van der Waals surface area contributed by atoms with Gasteiger partial charge in [0.25, 0.3) is 0 Å². The highest BCUT2D eigenvalue weighted by molar-refractivity contribution is 8.00. The molecule has 9 heteroatoms. The number of ketones is 1. The molecule has 0 aliphatic heterocycles. The van der Waals surface area contributed by atoms with Crippen LogP contribution in [0.2, 0.25) is 0 Å². The molecule has 0 radical (unpaired) electrons. The molecule has 8 nitrogen and oxygen atoms in total. The van der Waals surface area contributed by atoms with Crippen LogP contribution >= 0.6 is 11.8 Å². The van der Waals surface area contributed by atoms with E-state index in [0.717, 1.165) is 35.0 Å². The van der Waals surface area contributed by atoms with Crippen molar-refractivity contribution in [1.82, 2.24) is 10.3 Å². The molecular formula is C20H18N4O4S. The quantitative estimate of drug-likeness (QED) is 0.315. The minimum absolute atomic E-state index is 0.0795. The van der Waals surface area contributed by atoms with Crippen LogP contribution in [0.1, 0.15) is 35.1 Å². The van der Waals surface area contributed by atoms with E-state index in [2.05, 4.69) is 16.3 Å². The number of nitrogens with zero attached hydrogens (tertiary/aromatic N) is 4. The number of carbonyl (C=O) groups excluding carboxylic acids is 1. The number of hydrogen-bond acceptors (Lipinski definition) is 8. The molecule has 0 bridgehead atoms. The predicted molar refractivity (Wildman–Crippen MR) is 102 cm³/mol. The number of methoxy groups -OCH3 is 1. The summed E-state index contributed by atoms with van der Waals surface area (Å²) in [6.07, 6.45) is 1.70. The molecule has 148 valence electrons. The maximum Gasteiger partial charge on any atom is 0.307 e. The first-order chi connectivity index (χ1) is 14.1. The Bertz CT molecular complexity index is 1060. The number of hydrogen-bond donors (Lipinski definition) is 0. The van der Waals surface area contributed by atoms with Gasteiger partial charge in [-0.2, -0.15) is 5.26 Å². The molecule has 0 saturated heterocycles. The summed E-state index contributed by atoms with van der Waals surface area (Å²) in [5, 5.41) is 25.5. The molecule has 0 fully saturated rings. The van der Waals surface area contributed by atoms with Gasteiger partial charge in [-0.05, 0) is 35.4 Å². The number of benzene rings is 1. The Morgan fingerprint density at radius 1 is 1.31 bits per heavy atom. The first-order valence-electron chi connectivity index (χ1n) is 8.86. The Balaban J connectivity index is 1.83. The van der Waals surface area contributed by atoms with Gasteiger partial charge < -0.3 is 14.4 Å². The Kier molecular flexibility index (Phi) is 6.46. The van der Waals surface area contributed by atoms with Crippen LogP contribution in [0.25, 0.3) is 5.69 Å². The average molecular weight is 410 g/mol. The Morgan fingerprint density at radius 2 is 2.07 bits per heavy atom. The third kappa shape index (κ3) is 4.55. The van der Waals surface area contributed by atoms with Crippen LogP contribution in [0, 0.1) is 11.3 Å². The van der Waals surface area contributed by atoms with Crippen molar-refractivity contribution in [2.45, 2.75) is 24.8 Å². The summed E-state index contributed by atoms with van der Waals surface area (Å²) in [6.45, 7) is 2.04. The second-order valence-corrected chi connectivity index (χ2v) is 7.01. The Hall–Kier alpha value is -3.38. The van der Waals surface area contributed by atoms with Crippen molar-refractivity contribution in [3.05, 3.63) is 53.3 Å². The van der Waals surface area contributed by atoms with Gasteiger partial charge in [-0.3, -0.25) is 4.79 Å². The molecule has 0 amide bonds. The van der Waals surface area contributed by atoms with Crippen LogP contribution in [0.3, 0.4) is 0 Å². The topological polar surface area (TPSA) is 116 Å². The lowest BCUT2D eigenvalue weighted by Gasteiger charge is -2.05. The van der Waals surface area contributed by atoms with Crippen LogP contribution in [0.15, 0.2) is 45.9 Å². The van der Waals surface area contributed by atoms with Gasteiger partial charge in [0.15, 0.2) is 5.95 Å². The van der Waals surface area contributed by atoms with Crippen molar-refractivity contribution in [3.8, 4) is 23.5 Å². The van der Waals surface area contributed by atoms with Crippen molar-refractivity contribution in [2.24, 2.45) is 0 Å². The van der Waals surface area contributed by atoms with Gasteiger partial charge in [0.1, 0.15) is 16.8 Å². The molecule has 0 atom stereocenters. The molecule has 3 rings (SSSR count). The van der Waals surface area contributed by atoms with Gasteiger partial charge in [0, 0.05) is 17.8 Å². The zero-order chi connectivity index (χ0) is 20.8. The van der Waals surface area contributed by atoms with Crippen LogP contribution < -0.4 is 14.5 Å². The highest BCUT2D eigenvalue weighted by atomic mass is 32.2. The number of aromatic nitrogens is 3. The van der Waals surface area contributed by atoms with E-state index >= 15 is 0 Å². The summed E-state index contributed by atoms with van der Waals surface area (Å²) < 4.78 is 11.0. The van der Waals surface area contributed by atoms with E-state index in [0.29, 0.717) is 22.0 Å². The number of ether oxygens (including phenoxy) is 1. The largest absolute Gasteiger partial charge is 0.539 e. The molecule has 0 saturated carbocycles. The molecule has 3 aromatic rings. The zero-order valence-electron chi connectivity index (χ0n) is 15.9. The smallest absolute Gasteiger partial charge is 0.307 e. The SMILES string of the molecule is CCCc1ccc(C#N)c(SCC(=O)c2c([O-])on[n+]2-c2ccc(OC)cc2)n1. The van der Waals surface area contributed by atoms with Crippen molar-refractivity contribution >= 4 is 17.5 Å². The van der Waals surface area contributed by atoms with Gasteiger partial charge in [-0.15, -0.1) is 0 Å². The average Bonchev–Trinajstić information content (AvgIpc) is 3.14. The van der Waals surface area contributed by atoms with Gasteiger partial charge in [0.2, 0.25) is 11.5 Å². The molecule has 0 N–H and O–H groups in total. The molecule has 0 aliphatic carbocycles. The number of pyridine rings is 1. The molecule has 0 spiro atoms. The minimum Gasteiger partial charge on any atom is -0.539 e. The van der Waals surface area contributed by atoms with Crippen LogP contribution in [0.4, 0.5) is 0 Å². The minimum atomic E-state index is -0.820. The molecular weight excluding hydrogens is 392 g/mol. The number of carbonyl (C=O) groups is 1. The van der Waals surface area contributed by atoms with Crippen LogP contribution in [0.5, 0.6) is 11.7 Å². The second-order valence-electron chi connectivity index (χ2n) is 6.05. The van der Waals surface area contributed by atoms with Gasteiger partial charge in [-0.1, -0.05) is 25.1 Å². The third-order valence-electron chi connectivity index (χ3n) is 4.08. The van der Waals surface area contributed by atoms with E-state index < -0.39 is 11.7 Å². The van der Waals surface area contributed by atoms with Crippen LogP contribution in [-0.2, 0) is 6.42 Å². The summed E-state index contributed by atoms with van der Waals surface area (Å²) in [6, 6.07) is 12.3. The van der Waals surface area contributed by atoms with Crippen molar-refractivity contribution in [1.29, 1.82) is 5.26 Å². The monoisotopic (exact) mass is 410 g/mol. The maximum absolute atomic E-state index is 12.8. The number of aryl methyl sites for hydroxylation is 1. The molecule has 2 aromatic heterocycles. The van der Waals surface area contributed by atoms with Crippen molar-refractivity contribution < 1.29 is 23.8 Å². The fourth-order valence-electron chi connectivity index (χ4n) is 2.65. The van der Waals surface area contributed by atoms with Crippen molar-refractivity contribution in [2.75, 3.05) is 12.9 Å². The third-order valence-corrected chi connectivity index (χ3v) is 5.07. The fourth-order valence-corrected chi connectivity index (χ4v) is 3.51. The number of thioether (sulfide) groups is 1. The number of nitriles is 1. The van der Waals surface area contributed by atoms with Gasteiger partial charge in [0.05, 0.1) is 23.7 Å². The lowest BCUT2D eigenvalue weighted by atomic mass is 10.2. The van der Waals surface area contributed by atoms with E-state index in [1.165, 1.54) is 0 Å². The van der Waals surface area contributed by atoms with Crippen molar-refractivity contribution in [3.63, 3.8) is 0 Å². The normalized spacial score (nSPS) is 10.5. The summed E-state index contributed by atoms with van der Waals surface area (Å²) in [5.74, 6) is -0.738. The van der Waals surface area contributed by atoms with E-state index in [1.807, 2.05) is 6.92 Å². The van der Waals surface area contributed by atoms with E-state index in [9.17, 15) is 15.2 Å². The number of Topliss-reactive ketones (excluding diaryl/α,β-unsaturated/α-hetero) is 1. The standard InChI is InChI=1S/C20H18N4O4S/c1-3-4-14-6-5-13(11-21)19(22-14)29-12-17(25)18-20(26)28-23-24(18)15-7-9-16(27-2)10-8-15/h5-10H,3-4,12H2,1-2H3. The van der Waals surface area contributed by atoms with E-state index in [1.54, 1.807) is 43.5 Å². The fraction of sp³-hybridized carbons (Fsp3) is 0.250. The first kappa shape index (κ1) is 20.4. The first-order valence-corrected chi connectivity index (χ1v) is 9.85. The summed E-state index contributed by atoms with van der Waals surface area (Å²) >= 11 is 1.11. The lowest BCUT2D eigenvalue weighted by Crippen LogP contribution is -2.39. The van der Waals surface area contributed by atoms with Gasteiger partial charge >= 0.3 is 5.69 Å². The highest BCUT2D eigenvalue weighted by Crippen LogP contribution is 2.23. The predicted octanol–water partition coefficient (Wildman–Crippen LogP) is 2.23. The Morgan fingerprint density at radius 3 is 2.72 bits per heavy atom. The molecule has 0 aliphatic rings. The molecule has 1 aromatic carbocycles. The lowest BCUT2D eigenvalue weighted by molar-refractivity contribution is -0.672. The van der Waals surface area contributed by atoms with Gasteiger partial charge in [-0.25, -0.2) is 4.98 Å². The molecule has 0 unspecified atom stereocenters. The number of rotatable bonds is 8. The summed E-state index contributed by atoms with van der Waals surface area (Å²) in [7, 11) is 1.54. The van der Waals surface area contributed by atoms with E-state index in [4.69, 9.17) is 9.26 Å². The maximum atomic E-state index is 12.8. The summed E-state index contributed by atoms with van der Waals surface area (Å²) in [4.78, 5) is 17.2.